The molecule has 2 saturated carbocycles. The molecule has 0 bridgehead atoms. The first-order valence-corrected chi connectivity index (χ1v) is 11.1. The van der Waals surface area contributed by atoms with Crippen LogP contribution in [0.4, 0.5) is 0 Å². The molecule has 0 aromatic heterocycles. The van der Waals surface area contributed by atoms with Crippen LogP contribution in [0.25, 0.3) is 0 Å². The highest BCUT2D eigenvalue weighted by atomic mass is 35.5. The second-order valence-corrected chi connectivity index (χ2v) is 10.6. The minimum atomic E-state index is -1.73. The van der Waals surface area contributed by atoms with Crippen molar-refractivity contribution in [2.45, 2.75) is 58.3 Å². The van der Waals surface area contributed by atoms with Crippen molar-refractivity contribution < 1.29 is 34.4 Å². The van der Waals surface area contributed by atoms with Crippen LogP contribution in [0, 0.1) is 29.6 Å². The molecule has 8 heteroatoms. The van der Waals surface area contributed by atoms with Crippen LogP contribution in [0.2, 0.25) is 5.02 Å². The van der Waals surface area contributed by atoms with Gasteiger partial charge >= 0.3 is 5.97 Å². The summed E-state index contributed by atoms with van der Waals surface area (Å²) >= 11 is 6.23. The molecule has 174 valence electrons. The first-order valence-electron chi connectivity index (χ1n) is 10.7. The number of aromatic hydroxyl groups is 1. The SMILES string of the molecule is COc1cc(O)c(C(=O)O[C@@H]2C[C@]3(C)C4C(C=C(C=O)[C@]23O)CC(C)(C)[C@@H]4O)c(C)c1Cl. The summed E-state index contributed by atoms with van der Waals surface area (Å²) in [6, 6.07) is 1.23. The van der Waals surface area contributed by atoms with E-state index in [1.165, 1.54) is 13.2 Å². The number of phenols is 1. The summed E-state index contributed by atoms with van der Waals surface area (Å²) < 4.78 is 10.7. The summed E-state index contributed by atoms with van der Waals surface area (Å²) in [6.45, 7) is 7.34. The predicted molar refractivity (Wildman–Crippen MR) is 117 cm³/mol. The van der Waals surface area contributed by atoms with Gasteiger partial charge in [-0.25, -0.2) is 4.79 Å². The van der Waals surface area contributed by atoms with Crippen LogP contribution in [0.15, 0.2) is 17.7 Å². The van der Waals surface area contributed by atoms with Crippen LogP contribution < -0.4 is 4.74 Å². The number of allylic oxidation sites excluding steroid dienone is 1. The molecule has 2 fully saturated rings. The smallest absolute Gasteiger partial charge is 0.342 e. The summed E-state index contributed by atoms with van der Waals surface area (Å²) in [7, 11) is 1.39. The lowest BCUT2D eigenvalue weighted by Gasteiger charge is -2.64. The predicted octanol–water partition coefficient (Wildman–Crippen LogP) is 3.19. The largest absolute Gasteiger partial charge is 0.507 e. The molecule has 32 heavy (non-hydrogen) atoms. The van der Waals surface area contributed by atoms with Gasteiger partial charge in [0.15, 0.2) is 0 Å². The third kappa shape index (κ3) is 2.80. The Kier molecular flexibility index (Phi) is 5.20. The molecule has 3 N–H and O–H groups in total. The second-order valence-electron chi connectivity index (χ2n) is 10.3. The molecule has 6 atom stereocenters. The molecule has 3 aliphatic rings. The lowest BCUT2D eigenvalue weighted by molar-refractivity contribution is -0.257. The maximum Gasteiger partial charge on any atom is 0.342 e. The highest BCUT2D eigenvalue weighted by Gasteiger charge is 2.74. The Bertz CT molecular complexity index is 1030. The van der Waals surface area contributed by atoms with E-state index in [0.717, 1.165) is 0 Å². The molecule has 7 nitrogen and oxygen atoms in total. The van der Waals surface area contributed by atoms with Gasteiger partial charge in [0.25, 0.3) is 0 Å². The van der Waals surface area contributed by atoms with Crippen LogP contribution in [-0.4, -0.2) is 52.5 Å². The Hall–Kier alpha value is -2.09. The van der Waals surface area contributed by atoms with Crippen molar-refractivity contribution in [1.29, 1.82) is 0 Å². The summed E-state index contributed by atoms with van der Waals surface area (Å²) in [5, 5.41) is 33.3. The minimum absolute atomic E-state index is 0.0474. The number of carbonyl (C=O) groups excluding carboxylic acids is 2. The molecule has 0 heterocycles. The quantitative estimate of drug-likeness (QED) is 0.463. The monoisotopic (exact) mass is 464 g/mol. The van der Waals surface area contributed by atoms with E-state index in [1.54, 1.807) is 13.0 Å². The average molecular weight is 465 g/mol. The number of aliphatic hydroxyl groups is 2. The number of halogens is 1. The molecule has 1 aromatic carbocycles. The third-order valence-corrected chi connectivity index (χ3v) is 8.59. The van der Waals surface area contributed by atoms with E-state index in [9.17, 15) is 24.9 Å². The van der Waals surface area contributed by atoms with Gasteiger partial charge in [-0.1, -0.05) is 38.4 Å². The first-order chi connectivity index (χ1) is 14.8. The van der Waals surface area contributed by atoms with Gasteiger partial charge in [-0.05, 0) is 36.7 Å². The Labute approximate surface area is 192 Å². The van der Waals surface area contributed by atoms with Crippen LogP contribution in [0.5, 0.6) is 11.5 Å². The summed E-state index contributed by atoms with van der Waals surface area (Å²) in [5.74, 6) is -1.31. The highest BCUT2D eigenvalue weighted by Crippen LogP contribution is 2.68. The molecule has 4 rings (SSSR count). The minimum Gasteiger partial charge on any atom is -0.507 e. The number of hydrogen-bond acceptors (Lipinski definition) is 7. The number of aliphatic hydroxyl groups excluding tert-OH is 1. The molecular weight excluding hydrogens is 436 g/mol. The van der Waals surface area contributed by atoms with Crippen molar-refractivity contribution in [3.8, 4) is 11.5 Å². The van der Waals surface area contributed by atoms with Crippen LogP contribution in [0.1, 0.15) is 49.5 Å². The van der Waals surface area contributed by atoms with E-state index in [-0.39, 0.29) is 56.9 Å². The lowest BCUT2D eigenvalue weighted by Crippen LogP contribution is -2.74. The number of hydrogen-bond donors (Lipinski definition) is 3. The van der Waals surface area contributed by atoms with Crippen LogP contribution in [-0.2, 0) is 9.53 Å². The Morgan fingerprint density at radius 1 is 1.28 bits per heavy atom. The number of aldehydes is 1. The number of esters is 1. The van der Waals surface area contributed by atoms with Crippen molar-refractivity contribution in [2.24, 2.45) is 22.7 Å². The zero-order valence-corrected chi connectivity index (χ0v) is 19.6. The van der Waals surface area contributed by atoms with E-state index in [1.807, 2.05) is 20.8 Å². The third-order valence-electron chi connectivity index (χ3n) is 8.12. The molecule has 1 aromatic rings. The molecule has 0 spiro atoms. The standard InChI is InChI=1S/C24H29ClO7/c1-11-17(14(27)7-15(31-5)19(11)25)21(29)32-16-9-23(4)18-12(8-22(2,3)20(18)28)6-13(10-26)24(16,23)30/h6-7,10,12,16,18,20,27-28,30H,8-9H2,1-5H3/t12?,16-,18?,20-,23-,24+/m1/s1. The van der Waals surface area contributed by atoms with Crippen molar-refractivity contribution in [2.75, 3.05) is 7.11 Å². The number of benzene rings is 1. The van der Waals surface area contributed by atoms with E-state index in [4.69, 9.17) is 21.1 Å². The van der Waals surface area contributed by atoms with E-state index >= 15 is 0 Å². The number of ether oxygens (including phenoxy) is 2. The fourth-order valence-corrected chi connectivity index (χ4v) is 6.57. The highest BCUT2D eigenvalue weighted by molar-refractivity contribution is 6.33. The van der Waals surface area contributed by atoms with Gasteiger partial charge < -0.3 is 24.8 Å². The topological polar surface area (TPSA) is 113 Å². The van der Waals surface area contributed by atoms with Crippen LogP contribution in [0.3, 0.4) is 0 Å². The van der Waals surface area contributed by atoms with Gasteiger partial charge in [0, 0.05) is 23.0 Å². The zero-order chi connectivity index (χ0) is 23.8. The molecule has 2 unspecified atom stereocenters. The fraction of sp³-hybridized carbons (Fsp3) is 0.583. The number of rotatable bonds is 4. The molecule has 3 aliphatic carbocycles. The normalized spacial score (nSPS) is 36.9. The van der Waals surface area contributed by atoms with Gasteiger partial charge in [0.2, 0.25) is 0 Å². The van der Waals surface area contributed by atoms with Crippen molar-refractivity contribution in [3.63, 3.8) is 0 Å². The van der Waals surface area contributed by atoms with E-state index in [0.29, 0.717) is 12.7 Å². The molecule has 0 aliphatic heterocycles. The van der Waals surface area contributed by atoms with Crippen molar-refractivity contribution >= 4 is 23.9 Å². The fourth-order valence-electron chi connectivity index (χ4n) is 6.34. The Morgan fingerprint density at radius 3 is 2.53 bits per heavy atom. The second kappa shape index (κ2) is 7.20. The maximum atomic E-state index is 13.0. The van der Waals surface area contributed by atoms with Crippen molar-refractivity contribution in [3.05, 3.63) is 33.9 Å². The zero-order valence-electron chi connectivity index (χ0n) is 18.8. The lowest BCUT2D eigenvalue weighted by atomic mass is 9.44. The number of methoxy groups -OCH3 is 1. The van der Waals surface area contributed by atoms with Gasteiger partial charge in [0.1, 0.15) is 35.1 Å². The first kappa shape index (κ1) is 23.1. The van der Waals surface area contributed by atoms with Gasteiger partial charge in [-0.2, -0.15) is 0 Å². The molecular formula is C24H29ClO7. The molecule has 0 amide bonds. The van der Waals surface area contributed by atoms with Gasteiger partial charge in [-0.15, -0.1) is 0 Å². The summed E-state index contributed by atoms with van der Waals surface area (Å²) in [6.07, 6.45) is 1.64. The number of phenolic OH excluding ortho intramolecular Hbond substituents is 1. The summed E-state index contributed by atoms with van der Waals surface area (Å²) in [4.78, 5) is 25.0. The molecule has 0 saturated heterocycles. The van der Waals surface area contributed by atoms with E-state index in [2.05, 4.69) is 0 Å². The van der Waals surface area contributed by atoms with Crippen molar-refractivity contribution in [1.82, 2.24) is 0 Å². The Balaban J connectivity index is 1.68. The number of carbonyl (C=O) groups is 2. The average Bonchev–Trinajstić information content (AvgIpc) is 2.95. The number of fused-ring (bicyclic) bond motifs is 3. The summed E-state index contributed by atoms with van der Waals surface area (Å²) in [5.41, 5.74) is -2.60. The Morgan fingerprint density at radius 2 is 1.94 bits per heavy atom. The van der Waals surface area contributed by atoms with E-state index < -0.39 is 29.2 Å². The van der Waals surface area contributed by atoms with Gasteiger partial charge in [-0.3, -0.25) is 4.79 Å². The van der Waals surface area contributed by atoms with Crippen LogP contribution >= 0.6 is 11.6 Å². The molecule has 0 radical (unpaired) electrons. The maximum absolute atomic E-state index is 13.0. The van der Waals surface area contributed by atoms with Gasteiger partial charge in [0.05, 0.1) is 18.2 Å².